The Kier molecular flexibility index (Phi) is 5.82. The molecular weight excluding hydrogens is 156 g/mol. The highest BCUT2D eigenvalue weighted by Gasteiger charge is 2.20. The molecule has 0 radical (unpaired) electrons. The van der Waals surface area contributed by atoms with Crippen molar-refractivity contribution in [1.82, 2.24) is 0 Å². The van der Waals surface area contributed by atoms with Crippen LogP contribution in [0.4, 0.5) is 0 Å². The summed E-state index contributed by atoms with van der Waals surface area (Å²) in [6.45, 7) is 8.36. The van der Waals surface area contributed by atoms with E-state index in [1.165, 1.54) is 0 Å². The minimum absolute atomic E-state index is 0.836. The number of hydrogen-bond donors (Lipinski definition) is 0. The zero-order valence-corrected chi connectivity index (χ0v) is 9.14. The second-order valence-corrected chi connectivity index (χ2v) is 7.66. The van der Waals surface area contributed by atoms with Crippen molar-refractivity contribution in [2.24, 2.45) is 0 Å². The van der Waals surface area contributed by atoms with Crippen LogP contribution in [0.5, 0.6) is 0 Å². The third-order valence-electron chi connectivity index (χ3n) is 1.61. The topological polar surface area (TPSA) is 18.5 Å². The lowest BCUT2D eigenvalue weighted by Gasteiger charge is -2.21. The molecular formula is C8H20O2Si. The first-order chi connectivity index (χ1) is 5.12. The predicted molar refractivity (Wildman–Crippen MR) is 50.4 cm³/mol. The van der Waals surface area contributed by atoms with E-state index in [4.69, 9.17) is 9.16 Å². The highest BCUT2D eigenvalue weighted by molar-refractivity contribution is 6.71. The summed E-state index contributed by atoms with van der Waals surface area (Å²) in [7, 11) is 0.370. The minimum atomic E-state index is -1.37. The maximum Gasteiger partial charge on any atom is 0.188 e. The van der Waals surface area contributed by atoms with Gasteiger partial charge in [-0.25, -0.2) is 0 Å². The van der Waals surface area contributed by atoms with Gasteiger partial charge in [-0.2, -0.15) is 0 Å². The van der Waals surface area contributed by atoms with E-state index in [0.717, 1.165) is 25.7 Å². The van der Waals surface area contributed by atoms with Gasteiger partial charge in [0.05, 0.1) is 0 Å². The summed E-state index contributed by atoms with van der Waals surface area (Å²) in [6.07, 6.45) is 1.11. The van der Waals surface area contributed by atoms with Crippen LogP contribution in [-0.4, -0.2) is 28.6 Å². The summed E-state index contributed by atoms with van der Waals surface area (Å²) in [6, 6.07) is 1.10. The quantitative estimate of drug-likeness (QED) is 0.578. The lowest BCUT2D eigenvalue weighted by molar-refractivity contribution is 0.206. The van der Waals surface area contributed by atoms with Gasteiger partial charge in [0, 0.05) is 20.3 Å². The summed E-state index contributed by atoms with van der Waals surface area (Å²) < 4.78 is 10.8. The molecule has 0 amide bonds. The molecule has 0 saturated carbocycles. The smallest absolute Gasteiger partial charge is 0.188 e. The number of hydrogen-bond acceptors (Lipinski definition) is 2. The van der Waals surface area contributed by atoms with E-state index in [1.54, 1.807) is 7.11 Å². The Bertz CT molecular complexity index is 84.1. The second kappa shape index (κ2) is 5.74. The van der Waals surface area contributed by atoms with Crippen LogP contribution in [0.1, 0.15) is 13.3 Å². The van der Waals surface area contributed by atoms with Gasteiger partial charge < -0.3 is 9.16 Å². The number of ether oxygens (including phenoxy) is 1. The number of methoxy groups -OCH3 is 1. The summed E-state index contributed by atoms with van der Waals surface area (Å²) in [5, 5.41) is 0. The molecule has 2 nitrogen and oxygen atoms in total. The molecule has 0 atom stereocenters. The van der Waals surface area contributed by atoms with Gasteiger partial charge in [0.15, 0.2) is 8.32 Å². The van der Waals surface area contributed by atoms with Crippen LogP contribution in [0, 0.1) is 0 Å². The van der Waals surface area contributed by atoms with Gasteiger partial charge in [-0.3, -0.25) is 0 Å². The van der Waals surface area contributed by atoms with Crippen LogP contribution in [0.15, 0.2) is 0 Å². The Morgan fingerprint density at radius 1 is 1.18 bits per heavy atom. The first-order valence-electron chi connectivity index (χ1n) is 4.25. The van der Waals surface area contributed by atoms with Crippen LogP contribution in [0.25, 0.3) is 0 Å². The minimum Gasteiger partial charge on any atom is -0.417 e. The van der Waals surface area contributed by atoms with Crippen LogP contribution in [0.2, 0.25) is 19.1 Å². The van der Waals surface area contributed by atoms with Crippen molar-refractivity contribution >= 4 is 8.32 Å². The standard InChI is InChI=1S/C8H20O2Si/c1-5-6-10-11(3,4)8-7-9-2/h5-8H2,1-4H3. The van der Waals surface area contributed by atoms with Crippen molar-refractivity contribution in [3.8, 4) is 0 Å². The molecule has 0 rings (SSSR count). The van der Waals surface area contributed by atoms with Crippen LogP contribution in [0.3, 0.4) is 0 Å². The monoisotopic (exact) mass is 176 g/mol. The van der Waals surface area contributed by atoms with Crippen LogP contribution < -0.4 is 0 Å². The lowest BCUT2D eigenvalue weighted by atomic mass is 10.5. The second-order valence-electron chi connectivity index (χ2n) is 3.35. The highest BCUT2D eigenvalue weighted by atomic mass is 28.4. The largest absolute Gasteiger partial charge is 0.417 e. The van der Waals surface area contributed by atoms with E-state index in [9.17, 15) is 0 Å². The summed E-state index contributed by atoms with van der Waals surface area (Å²) in [5.74, 6) is 0. The molecule has 0 aromatic carbocycles. The number of rotatable bonds is 6. The molecule has 0 aliphatic rings. The van der Waals surface area contributed by atoms with Crippen molar-refractivity contribution in [1.29, 1.82) is 0 Å². The average molecular weight is 176 g/mol. The van der Waals surface area contributed by atoms with E-state index < -0.39 is 8.32 Å². The Hall–Kier alpha value is 0.137. The summed E-state index contributed by atoms with van der Waals surface area (Å²) >= 11 is 0. The molecule has 0 saturated heterocycles. The fourth-order valence-electron chi connectivity index (χ4n) is 0.798. The van der Waals surface area contributed by atoms with Gasteiger partial charge in [-0.05, 0) is 25.6 Å². The molecule has 68 valence electrons. The molecule has 0 fully saturated rings. The van der Waals surface area contributed by atoms with E-state index in [-0.39, 0.29) is 0 Å². The third-order valence-corrected chi connectivity index (χ3v) is 4.00. The molecule has 0 bridgehead atoms. The zero-order chi connectivity index (χ0) is 8.74. The predicted octanol–water partition coefficient (Wildman–Crippen LogP) is 2.26. The van der Waals surface area contributed by atoms with Crippen molar-refractivity contribution < 1.29 is 9.16 Å². The fraction of sp³-hybridized carbons (Fsp3) is 1.00. The van der Waals surface area contributed by atoms with Crippen molar-refractivity contribution in [3.05, 3.63) is 0 Å². The van der Waals surface area contributed by atoms with Crippen molar-refractivity contribution in [2.45, 2.75) is 32.5 Å². The third kappa shape index (κ3) is 6.53. The molecule has 0 N–H and O–H groups in total. The Morgan fingerprint density at radius 2 is 1.82 bits per heavy atom. The molecule has 0 spiro atoms. The van der Waals surface area contributed by atoms with Gasteiger partial charge in [0.25, 0.3) is 0 Å². The molecule has 3 heteroatoms. The van der Waals surface area contributed by atoms with Crippen molar-refractivity contribution in [2.75, 3.05) is 20.3 Å². The molecule has 0 heterocycles. The van der Waals surface area contributed by atoms with Gasteiger partial charge in [-0.15, -0.1) is 0 Å². The molecule has 11 heavy (non-hydrogen) atoms. The SMILES string of the molecule is CCCO[Si](C)(C)CCOC. The molecule has 0 aromatic rings. The van der Waals surface area contributed by atoms with Gasteiger partial charge in [0.2, 0.25) is 0 Å². The van der Waals surface area contributed by atoms with Gasteiger partial charge in [-0.1, -0.05) is 6.92 Å². The van der Waals surface area contributed by atoms with Crippen LogP contribution >= 0.6 is 0 Å². The van der Waals surface area contributed by atoms with E-state index >= 15 is 0 Å². The summed E-state index contributed by atoms with van der Waals surface area (Å²) in [5.41, 5.74) is 0. The maximum atomic E-state index is 5.74. The van der Waals surface area contributed by atoms with Crippen LogP contribution in [-0.2, 0) is 9.16 Å². The Balaban J connectivity index is 3.43. The van der Waals surface area contributed by atoms with E-state index in [0.29, 0.717) is 0 Å². The first kappa shape index (κ1) is 11.1. The zero-order valence-electron chi connectivity index (χ0n) is 8.14. The molecule has 0 aliphatic heterocycles. The normalized spacial score (nSPS) is 12.0. The molecule has 0 aromatic heterocycles. The fourth-order valence-corrected chi connectivity index (χ4v) is 2.40. The molecule has 0 unspecified atom stereocenters. The highest BCUT2D eigenvalue weighted by Crippen LogP contribution is 2.10. The Morgan fingerprint density at radius 3 is 2.27 bits per heavy atom. The Labute approximate surface area is 71.0 Å². The summed E-state index contributed by atoms with van der Waals surface area (Å²) in [4.78, 5) is 0. The van der Waals surface area contributed by atoms with E-state index in [2.05, 4.69) is 20.0 Å². The van der Waals surface area contributed by atoms with Gasteiger partial charge in [0.1, 0.15) is 0 Å². The van der Waals surface area contributed by atoms with E-state index in [1.807, 2.05) is 0 Å². The lowest BCUT2D eigenvalue weighted by Crippen LogP contribution is -2.31. The first-order valence-corrected chi connectivity index (χ1v) is 7.37. The average Bonchev–Trinajstić information content (AvgIpc) is 1.97. The van der Waals surface area contributed by atoms with Crippen molar-refractivity contribution in [3.63, 3.8) is 0 Å². The maximum absolute atomic E-state index is 5.74. The molecule has 0 aliphatic carbocycles. The van der Waals surface area contributed by atoms with Gasteiger partial charge >= 0.3 is 0 Å².